The average Bonchev–Trinajstić information content (AvgIpc) is 2.87. The second-order valence-electron chi connectivity index (χ2n) is 7.88. The summed E-state index contributed by atoms with van der Waals surface area (Å²) in [6, 6.07) is 7.87. The Kier molecular flexibility index (Phi) is 3.03. The minimum atomic E-state index is -0.0992. The van der Waals surface area contributed by atoms with E-state index in [1.807, 2.05) is 24.3 Å². The number of fused-ring (bicyclic) bond motifs is 3. The first-order chi connectivity index (χ1) is 10.9. The fraction of sp³-hybridized carbons (Fsp3) is 0.526. The number of benzene rings is 1. The van der Waals surface area contributed by atoms with E-state index >= 15 is 0 Å². The van der Waals surface area contributed by atoms with Crippen molar-refractivity contribution >= 4 is 16.9 Å². The smallest absolute Gasteiger partial charge is 0.271 e. The number of carbonyl (C=O) groups is 1. The molecule has 1 N–H and O–H groups in total. The van der Waals surface area contributed by atoms with Crippen LogP contribution in [0.2, 0.25) is 0 Å². The fourth-order valence-electron chi connectivity index (χ4n) is 4.72. The van der Waals surface area contributed by atoms with Crippen molar-refractivity contribution < 1.29 is 4.79 Å². The lowest BCUT2D eigenvalue weighted by Gasteiger charge is -2.39. The number of aromatic nitrogens is 2. The summed E-state index contributed by atoms with van der Waals surface area (Å²) in [6.45, 7) is 7.04. The summed E-state index contributed by atoms with van der Waals surface area (Å²) < 4.78 is 0. The lowest BCUT2D eigenvalue weighted by molar-refractivity contribution is 0.0821. The standard InChI is InChI=1S/C19H23N3O/c1-18(2)12-8-9-19(18,3)16(10-12)22-17(23)15-11-20-13-6-4-5-7-14(13)21-15/h4-7,11-12,16H,8-10H2,1-3H3,(H,22,23)/t12-,16+,19-/m0/s1. The van der Waals surface area contributed by atoms with Crippen molar-refractivity contribution in [3.63, 3.8) is 0 Å². The first-order valence-corrected chi connectivity index (χ1v) is 8.44. The average molecular weight is 309 g/mol. The zero-order valence-electron chi connectivity index (χ0n) is 14.0. The molecule has 23 heavy (non-hydrogen) atoms. The van der Waals surface area contributed by atoms with Crippen molar-refractivity contribution in [1.82, 2.24) is 15.3 Å². The molecule has 2 bridgehead atoms. The van der Waals surface area contributed by atoms with Gasteiger partial charge in [0.1, 0.15) is 5.69 Å². The Bertz CT molecular complexity index is 785. The highest BCUT2D eigenvalue weighted by Crippen LogP contribution is 2.65. The predicted octanol–water partition coefficient (Wildman–Crippen LogP) is 3.57. The molecule has 2 saturated carbocycles. The third kappa shape index (κ3) is 2.00. The predicted molar refractivity (Wildman–Crippen MR) is 90.0 cm³/mol. The van der Waals surface area contributed by atoms with Gasteiger partial charge in [0.15, 0.2) is 0 Å². The van der Waals surface area contributed by atoms with Crippen LogP contribution in [0.5, 0.6) is 0 Å². The first-order valence-electron chi connectivity index (χ1n) is 8.44. The van der Waals surface area contributed by atoms with Crippen molar-refractivity contribution in [2.45, 2.75) is 46.1 Å². The number of hydrogen-bond acceptors (Lipinski definition) is 3. The largest absolute Gasteiger partial charge is 0.347 e. The highest BCUT2D eigenvalue weighted by Gasteiger charge is 2.61. The molecule has 1 aromatic carbocycles. The molecule has 0 aliphatic heterocycles. The second kappa shape index (κ2) is 4.76. The van der Waals surface area contributed by atoms with E-state index in [2.05, 4.69) is 36.1 Å². The number of rotatable bonds is 2. The van der Waals surface area contributed by atoms with E-state index < -0.39 is 0 Å². The Balaban J connectivity index is 1.58. The van der Waals surface area contributed by atoms with Crippen LogP contribution in [0.15, 0.2) is 30.5 Å². The fourth-order valence-corrected chi connectivity index (χ4v) is 4.72. The van der Waals surface area contributed by atoms with Gasteiger partial charge in [0, 0.05) is 6.04 Å². The number of hydrogen-bond donors (Lipinski definition) is 1. The summed E-state index contributed by atoms with van der Waals surface area (Å²) in [5.41, 5.74) is 2.46. The maximum Gasteiger partial charge on any atom is 0.271 e. The molecule has 0 spiro atoms. The topological polar surface area (TPSA) is 54.9 Å². The summed E-state index contributed by atoms with van der Waals surface area (Å²) in [6.07, 6.45) is 5.14. The van der Waals surface area contributed by atoms with Gasteiger partial charge in [0.25, 0.3) is 5.91 Å². The number of nitrogens with zero attached hydrogens (tertiary/aromatic N) is 2. The van der Waals surface area contributed by atoms with Gasteiger partial charge in [-0.05, 0) is 48.1 Å². The van der Waals surface area contributed by atoms with Crippen molar-refractivity contribution in [3.8, 4) is 0 Å². The number of carbonyl (C=O) groups excluding carboxylic acids is 1. The van der Waals surface area contributed by atoms with Crippen LogP contribution in [0, 0.1) is 16.7 Å². The summed E-state index contributed by atoms with van der Waals surface area (Å²) in [5, 5.41) is 3.25. The molecule has 0 saturated heterocycles. The Hall–Kier alpha value is -1.97. The summed E-state index contributed by atoms with van der Waals surface area (Å²) in [7, 11) is 0. The van der Waals surface area contributed by atoms with E-state index in [4.69, 9.17) is 0 Å². The van der Waals surface area contributed by atoms with Gasteiger partial charge in [0.05, 0.1) is 17.2 Å². The van der Waals surface area contributed by atoms with E-state index in [1.165, 1.54) is 12.8 Å². The number of amides is 1. The van der Waals surface area contributed by atoms with E-state index in [0.717, 1.165) is 17.5 Å². The van der Waals surface area contributed by atoms with Crippen LogP contribution in [-0.2, 0) is 0 Å². The van der Waals surface area contributed by atoms with E-state index in [0.29, 0.717) is 17.0 Å². The molecule has 2 aliphatic carbocycles. The van der Waals surface area contributed by atoms with Crippen LogP contribution in [0.4, 0.5) is 0 Å². The van der Waals surface area contributed by atoms with Crippen molar-refractivity contribution in [1.29, 1.82) is 0 Å². The van der Waals surface area contributed by atoms with Gasteiger partial charge < -0.3 is 5.32 Å². The molecule has 4 nitrogen and oxygen atoms in total. The van der Waals surface area contributed by atoms with Crippen molar-refractivity contribution in [2.75, 3.05) is 0 Å². The maximum atomic E-state index is 12.7. The van der Waals surface area contributed by atoms with Crippen LogP contribution >= 0.6 is 0 Å². The molecule has 1 heterocycles. The van der Waals surface area contributed by atoms with Gasteiger partial charge >= 0.3 is 0 Å². The maximum absolute atomic E-state index is 12.7. The van der Waals surface area contributed by atoms with Gasteiger partial charge in [-0.1, -0.05) is 32.9 Å². The third-order valence-electron chi connectivity index (χ3n) is 6.78. The molecule has 4 heteroatoms. The van der Waals surface area contributed by atoms with Crippen LogP contribution in [0.25, 0.3) is 11.0 Å². The minimum absolute atomic E-state index is 0.0992. The number of nitrogens with one attached hydrogen (secondary N) is 1. The van der Waals surface area contributed by atoms with Crippen LogP contribution < -0.4 is 5.32 Å². The molecule has 3 atom stereocenters. The first kappa shape index (κ1) is 14.6. The SMILES string of the molecule is CC1(C)[C@H]2CC[C@@]1(C)[C@H](NC(=O)c1cnc3ccccc3n1)C2. The summed E-state index contributed by atoms with van der Waals surface area (Å²) in [4.78, 5) is 21.5. The highest BCUT2D eigenvalue weighted by molar-refractivity contribution is 5.94. The van der Waals surface area contributed by atoms with E-state index in [1.54, 1.807) is 6.20 Å². The molecule has 0 unspecified atom stereocenters. The number of para-hydroxylation sites is 2. The van der Waals surface area contributed by atoms with Gasteiger partial charge in [-0.3, -0.25) is 9.78 Å². The van der Waals surface area contributed by atoms with Crippen molar-refractivity contribution in [3.05, 3.63) is 36.2 Å². The lowest BCUT2D eigenvalue weighted by atomic mass is 9.69. The highest BCUT2D eigenvalue weighted by atomic mass is 16.2. The molecule has 120 valence electrons. The van der Waals surface area contributed by atoms with Crippen LogP contribution in [0.3, 0.4) is 0 Å². The Morgan fingerprint density at radius 1 is 1.22 bits per heavy atom. The Labute approximate surface area is 136 Å². The molecule has 1 aromatic heterocycles. The second-order valence-corrected chi connectivity index (χ2v) is 7.88. The Morgan fingerprint density at radius 2 is 1.96 bits per heavy atom. The monoisotopic (exact) mass is 309 g/mol. The lowest BCUT2D eigenvalue weighted by Crippen LogP contribution is -2.47. The summed E-state index contributed by atoms with van der Waals surface area (Å²) in [5.74, 6) is 0.610. The van der Waals surface area contributed by atoms with E-state index in [-0.39, 0.29) is 17.4 Å². The van der Waals surface area contributed by atoms with Crippen LogP contribution in [0.1, 0.15) is 50.5 Å². The third-order valence-corrected chi connectivity index (χ3v) is 6.78. The van der Waals surface area contributed by atoms with Gasteiger partial charge in [-0.25, -0.2) is 4.98 Å². The van der Waals surface area contributed by atoms with Gasteiger partial charge in [-0.2, -0.15) is 0 Å². The molecular formula is C19H23N3O. The molecular weight excluding hydrogens is 286 g/mol. The molecule has 2 fully saturated rings. The molecule has 2 aliphatic rings. The van der Waals surface area contributed by atoms with E-state index in [9.17, 15) is 4.79 Å². The molecule has 0 radical (unpaired) electrons. The van der Waals surface area contributed by atoms with Crippen LogP contribution in [-0.4, -0.2) is 21.9 Å². The van der Waals surface area contributed by atoms with Gasteiger partial charge in [-0.15, -0.1) is 0 Å². The summed E-state index contributed by atoms with van der Waals surface area (Å²) >= 11 is 0. The Morgan fingerprint density at radius 3 is 2.61 bits per heavy atom. The van der Waals surface area contributed by atoms with Crippen molar-refractivity contribution in [2.24, 2.45) is 16.7 Å². The molecule has 4 rings (SSSR count). The molecule has 2 aromatic rings. The molecule has 1 amide bonds. The zero-order valence-corrected chi connectivity index (χ0v) is 14.0. The zero-order chi connectivity index (χ0) is 16.2. The quantitative estimate of drug-likeness (QED) is 0.922. The minimum Gasteiger partial charge on any atom is -0.347 e. The normalized spacial score (nSPS) is 31.4. The van der Waals surface area contributed by atoms with Gasteiger partial charge in [0.2, 0.25) is 0 Å².